The van der Waals surface area contributed by atoms with Gasteiger partial charge in [-0.25, -0.2) is 18.4 Å². The summed E-state index contributed by atoms with van der Waals surface area (Å²) < 4.78 is 96.2. The second-order valence-corrected chi connectivity index (χ2v) is 9.69. The first-order valence-corrected chi connectivity index (χ1v) is 11.8. The van der Waals surface area contributed by atoms with Gasteiger partial charge in [-0.15, -0.1) is 0 Å². The molecule has 35 heavy (non-hydrogen) atoms. The Morgan fingerprint density at radius 3 is 2.40 bits per heavy atom. The van der Waals surface area contributed by atoms with Crippen LogP contribution in [0.1, 0.15) is 37.8 Å². The highest BCUT2D eigenvalue weighted by molar-refractivity contribution is 7.89. The Bertz CT molecular complexity index is 1390. The van der Waals surface area contributed by atoms with Gasteiger partial charge < -0.3 is 9.30 Å². The van der Waals surface area contributed by atoms with E-state index < -0.39 is 33.7 Å². The SMILES string of the molecule is C[C@@H](NS(=O)(=O)c1cnc(-c2c(C#N)c3ccc(OC(F)F)cc3n2C2CCC2)nc1)C(F)(F)F. The van der Waals surface area contributed by atoms with Crippen LogP contribution in [0, 0.1) is 11.3 Å². The van der Waals surface area contributed by atoms with Gasteiger partial charge in [-0.1, -0.05) is 0 Å². The number of halogens is 5. The summed E-state index contributed by atoms with van der Waals surface area (Å²) in [5, 5.41) is 10.3. The molecular formula is C21H18F5N5O3S. The Balaban J connectivity index is 1.80. The topological polar surface area (TPSA) is 110 Å². The van der Waals surface area contributed by atoms with Gasteiger partial charge in [0.1, 0.15) is 28.4 Å². The largest absolute Gasteiger partial charge is 0.435 e. The highest BCUT2D eigenvalue weighted by Gasteiger charge is 2.39. The molecule has 2 aromatic heterocycles. The number of aromatic nitrogens is 3. The molecule has 3 aromatic rings. The fraction of sp³-hybridized carbons (Fsp3) is 0.381. The number of benzene rings is 1. The molecule has 1 N–H and O–H groups in total. The first-order chi connectivity index (χ1) is 16.4. The van der Waals surface area contributed by atoms with Crippen LogP contribution in [-0.2, 0) is 10.0 Å². The number of hydrogen-bond acceptors (Lipinski definition) is 6. The summed E-state index contributed by atoms with van der Waals surface area (Å²) in [7, 11) is -4.57. The predicted octanol–water partition coefficient (Wildman–Crippen LogP) is 4.53. The van der Waals surface area contributed by atoms with Crippen molar-refractivity contribution in [3.05, 3.63) is 36.2 Å². The molecule has 1 aliphatic carbocycles. The number of nitrogens with one attached hydrogen (secondary N) is 1. The third-order valence-corrected chi connectivity index (χ3v) is 7.22. The molecule has 0 aliphatic heterocycles. The zero-order valence-electron chi connectivity index (χ0n) is 18.1. The molecule has 0 amide bonds. The fourth-order valence-corrected chi connectivity index (χ4v) is 4.89. The molecule has 1 aliphatic rings. The molecule has 0 radical (unpaired) electrons. The molecule has 1 fully saturated rings. The number of sulfonamides is 1. The summed E-state index contributed by atoms with van der Waals surface area (Å²) in [6.45, 7) is -2.38. The van der Waals surface area contributed by atoms with Crippen LogP contribution in [0.4, 0.5) is 22.0 Å². The van der Waals surface area contributed by atoms with Crippen LogP contribution in [0.15, 0.2) is 35.5 Å². The first-order valence-electron chi connectivity index (χ1n) is 10.4. The van der Waals surface area contributed by atoms with Crippen LogP contribution in [0.2, 0.25) is 0 Å². The lowest BCUT2D eigenvalue weighted by atomic mass is 9.92. The van der Waals surface area contributed by atoms with E-state index in [-0.39, 0.29) is 28.9 Å². The number of hydrogen-bond donors (Lipinski definition) is 1. The lowest BCUT2D eigenvalue weighted by Gasteiger charge is -2.29. The Kier molecular flexibility index (Phi) is 6.41. The van der Waals surface area contributed by atoms with Crippen LogP contribution in [0.5, 0.6) is 5.75 Å². The number of fused-ring (bicyclic) bond motifs is 1. The average molecular weight is 515 g/mol. The quantitative estimate of drug-likeness (QED) is 0.463. The van der Waals surface area contributed by atoms with Crippen LogP contribution >= 0.6 is 0 Å². The number of alkyl halides is 5. The van der Waals surface area contributed by atoms with Crippen molar-refractivity contribution in [1.82, 2.24) is 19.3 Å². The van der Waals surface area contributed by atoms with Crippen molar-refractivity contribution in [3.8, 4) is 23.3 Å². The molecule has 2 heterocycles. The molecule has 0 bridgehead atoms. The maximum absolute atomic E-state index is 12.8. The van der Waals surface area contributed by atoms with Crippen molar-refractivity contribution in [2.24, 2.45) is 0 Å². The summed E-state index contributed by atoms with van der Waals surface area (Å²) in [5.74, 6) is -0.141. The normalized spacial score (nSPS) is 15.7. The molecule has 1 saturated carbocycles. The molecule has 1 atom stereocenters. The minimum atomic E-state index is -4.79. The second-order valence-electron chi connectivity index (χ2n) is 7.97. The third-order valence-electron chi connectivity index (χ3n) is 5.73. The van der Waals surface area contributed by atoms with E-state index in [0.29, 0.717) is 17.8 Å². The molecule has 14 heteroatoms. The number of nitrogens with zero attached hydrogens (tertiary/aromatic N) is 4. The summed E-state index contributed by atoms with van der Waals surface area (Å²) in [6, 6.07) is 3.79. The zero-order valence-corrected chi connectivity index (χ0v) is 18.9. The molecule has 1 aromatic carbocycles. The van der Waals surface area contributed by atoms with Gasteiger partial charge in [0.25, 0.3) is 0 Å². The van der Waals surface area contributed by atoms with Gasteiger partial charge in [0.05, 0.1) is 23.5 Å². The molecule has 0 saturated heterocycles. The lowest BCUT2D eigenvalue weighted by Crippen LogP contribution is -2.43. The number of rotatable bonds is 7. The predicted molar refractivity (Wildman–Crippen MR) is 113 cm³/mol. The minimum absolute atomic E-state index is 0.0382. The molecule has 8 nitrogen and oxygen atoms in total. The van der Waals surface area contributed by atoms with Gasteiger partial charge in [-0.05, 0) is 38.3 Å². The highest BCUT2D eigenvalue weighted by atomic mass is 32.2. The maximum Gasteiger partial charge on any atom is 0.404 e. The van der Waals surface area contributed by atoms with E-state index >= 15 is 0 Å². The Morgan fingerprint density at radius 1 is 1.23 bits per heavy atom. The van der Waals surface area contributed by atoms with Gasteiger partial charge in [0.15, 0.2) is 5.82 Å². The van der Waals surface area contributed by atoms with Crippen molar-refractivity contribution >= 4 is 20.9 Å². The zero-order chi connectivity index (χ0) is 25.5. The number of ether oxygens (including phenoxy) is 1. The van der Waals surface area contributed by atoms with E-state index in [9.17, 15) is 35.6 Å². The van der Waals surface area contributed by atoms with E-state index in [2.05, 4.69) is 20.8 Å². The average Bonchev–Trinajstić information content (AvgIpc) is 3.04. The molecular weight excluding hydrogens is 497 g/mol. The van der Waals surface area contributed by atoms with E-state index in [0.717, 1.165) is 31.7 Å². The smallest absolute Gasteiger partial charge is 0.404 e. The van der Waals surface area contributed by atoms with Crippen molar-refractivity contribution in [2.45, 2.75) is 56.0 Å². The third kappa shape index (κ3) is 4.78. The standard InChI is InChI=1S/C21H18F5N5O3S/c1-11(21(24,25)26)30-35(32,33)14-9-28-19(29-10-14)18-16(8-27)15-6-5-13(34-20(22)23)7-17(15)31(18)12-3-2-4-12/h5-7,9-12,20,30H,2-4H2,1H3/t11-/m1/s1. The highest BCUT2D eigenvalue weighted by Crippen LogP contribution is 2.42. The summed E-state index contributed by atoms with van der Waals surface area (Å²) >= 11 is 0. The Labute approximate surface area is 196 Å². The maximum atomic E-state index is 12.8. The fourth-order valence-electron chi connectivity index (χ4n) is 3.77. The van der Waals surface area contributed by atoms with Gasteiger partial charge >= 0.3 is 12.8 Å². The van der Waals surface area contributed by atoms with E-state index in [4.69, 9.17) is 0 Å². The van der Waals surface area contributed by atoms with E-state index in [1.807, 2.05) is 0 Å². The first kappa shape index (κ1) is 24.8. The number of nitriles is 1. The van der Waals surface area contributed by atoms with Gasteiger partial charge in [-0.2, -0.15) is 31.9 Å². The van der Waals surface area contributed by atoms with Gasteiger partial charge in [-0.3, -0.25) is 0 Å². The summed E-state index contributed by atoms with van der Waals surface area (Å²) in [5.41, 5.74) is 0.845. The van der Waals surface area contributed by atoms with Gasteiger partial charge in [0.2, 0.25) is 10.0 Å². The summed E-state index contributed by atoms with van der Waals surface area (Å²) in [4.78, 5) is 7.46. The molecule has 4 rings (SSSR count). The Morgan fingerprint density at radius 2 is 1.89 bits per heavy atom. The Hall–Kier alpha value is -3.31. The molecule has 0 spiro atoms. The van der Waals surface area contributed by atoms with E-state index in [1.54, 1.807) is 4.57 Å². The van der Waals surface area contributed by atoms with Crippen LogP contribution in [0.25, 0.3) is 22.4 Å². The second kappa shape index (κ2) is 9.04. The van der Waals surface area contributed by atoms with Crippen molar-refractivity contribution in [1.29, 1.82) is 5.26 Å². The lowest BCUT2D eigenvalue weighted by molar-refractivity contribution is -0.147. The molecule has 186 valence electrons. The van der Waals surface area contributed by atoms with Crippen molar-refractivity contribution in [3.63, 3.8) is 0 Å². The van der Waals surface area contributed by atoms with E-state index in [1.165, 1.54) is 22.9 Å². The monoisotopic (exact) mass is 515 g/mol. The minimum Gasteiger partial charge on any atom is -0.435 e. The molecule has 0 unspecified atom stereocenters. The van der Waals surface area contributed by atoms with Crippen molar-refractivity contribution in [2.75, 3.05) is 0 Å². The van der Waals surface area contributed by atoms with Crippen molar-refractivity contribution < 1.29 is 35.1 Å². The summed E-state index contributed by atoms with van der Waals surface area (Å²) in [6.07, 6.45) is -0.696. The van der Waals surface area contributed by atoms with Crippen LogP contribution in [-0.4, -0.2) is 41.8 Å². The van der Waals surface area contributed by atoms with Gasteiger partial charge in [0, 0.05) is 17.5 Å². The van der Waals surface area contributed by atoms with Crippen LogP contribution in [0.3, 0.4) is 0 Å². The van der Waals surface area contributed by atoms with Crippen LogP contribution < -0.4 is 9.46 Å².